The number of hydrogen-bond acceptors (Lipinski definition) is 8. The summed E-state index contributed by atoms with van der Waals surface area (Å²) in [6, 6.07) is 7.23. The van der Waals surface area contributed by atoms with Crippen LogP contribution in [0.25, 0.3) is 0 Å². The Kier molecular flexibility index (Phi) is 5.20. The lowest BCUT2D eigenvalue weighted by atomic mass is 9.45. The van der Waals surface area contributed by atoms with Gasteiger partial charge >= 0.3 is 18.0 Å². The van der Waals surface area contributed by atoms with E-state index in [1.165, 1.54) is 19.1 Å². The SMILES string of the molecule is C/C=C1/CN2CC[C@@]34c5ccccc5N(C(=O)OC(C)(C)C)[C@@]23CC(=O)[C@@H]1C4(C(=O)OC)C(=O)OC. The Morgan fingerprint density at radius 3 is 2.31 bits per heavy atom. The maximum absolute atomic E-state index is 14.1. The van der Waals surface area contributed by atoms with Crippen molar-refractivity contribution in [3.05, 3.63) is 41.5 Å². The van der Waals surface area contributed by atoms with Gasteiger partial charge in [0.25, 0.3) is 0 Å². The quantitative estimate of drug-likeness (QED) is 0.267. The topological polar surface area (TPSA) is 102 Å². The number of carbonyl (C=O) groups excluding carboxylic acids is 4. The summed E-state index contributed by atoms with van der Waals surface area (Å²) in [5.41, 5.74) is -3.67. The first-order chi connectivity index (χ1) is 17.0. The second kappa shape index (κ2) is 7.65. The molecule has 1 unspecified atom stereocenters. The number of benzene rings is 1. The summed E-state index contributed by atoms with van der Waals surface area (Å²) < 4.78 is 16.5. The first kappa shape index (κ1) is 24.5. The minimum Gasteiger partial charge on any atom is -0.468 e. The molecule has 4 heterocycles. The van der Waals surface area contributed by atoms with Gasteiger partial charge in [-0.05, 0) is 51.3 Å². The molecule has 1 aromatic rings. The van der Waals surface area contributed by atoms with Crippen LogP contribution in [0.2, 0.25) is 0 Å². The van der Waals surface area contributed by atoms with E-state index in [0.29, 0.717) is 36.3 Å². The predicted octanol–water partition coefficient (Wildman–Crippen LogP) is 2.96. The third kappa shape index (κ3) is 2.54. The van der Waals surface area contributed by atoms with Crippen LogP contribution in [0.15, 0.2) is 35.9 Å². The fourth-order valence-electron chi connectivity index (χ4n) is 7.58. The number of Topliss-reactive ketones (excluding diaryl/α,β-unsaturated/α-hetero) is 1. The van der Waals surface area contributed by atoms with Crippen LogP contribution in [-0.2, 0) is 34.0 Å². The molecule has 9 heteroatoms. The molecular weight excluding hydrogens is 464 g/mol. The van der Waals surface area contributed by atoms with Crippen molar-refractivity contribution >= 4 is 29.5 Å². The highest BCUT2D eigenvalue weighted by Crippen LogP contribution is 2.74. The Morgan fingerprint density at radius 1 is 1.08 bits per heavy atom. The predicted molar refractivity (Wildman–Crippen MR) is 129 cm³/mol. The zero-order valence-electron chi connectivity index (χ0n) is 21.5. The largest absolute Gasteiger partial charge is 0.468 e. The molecule has 4 aliphatic heterocycles. The fraction of sp³-hybridized carbons (Fsp3) is 0.556. The van der Waals surface area contributed by atoms with Crippen LogP contribution in [0.3, 0.4) is 0 Å². The lowest BCUT2D eigenvalue weighted by molar-refractivity contribution is -0.190. The Morgan fingerprint density at radius 2 is 1.72 bits per heavy atom. The molecule has 4 atom stereocenters. The van der Waals surface area contributed by atoms with Crippen molar-refractivity contribution in [3.8, 4) is 0 Å². The third-order valence-electron chi connectivity index (χ3n) is 8.49. The van der Waals surface area contributed by atoms with Crippen LogP contribution in [0.1, 0.15) is 46.1 Å². The number of nitrogens with zero attached hydrogens (tertiary/aromatic N) is 2. The molecule has 192 valence electrons. The molecule has 1 saturated carbocycles. The number of amides is 1. The number of ether oxygens (including phenoxy) is 3. The average molecular weight is 497 g/mol. The van der Waals surface area contributed by atoms with E-state index in [1.807, 2.05) is 12.1 Å². The molecule has 6 rings (SSSR count). The zero-order valence-corrected chi connectivity index (χ0v) is 21.5. The molecule has 5 aliphatic rings. The van der Waals surface area contributed by atoms with Gasteiger partial charge in [0.1, 0.15) is 17.0 Å². The van der Waals surface area contributed by atoms with E-state index >= 15 is 0 Å². The van der Waals surface area contributed by atoms with Crippen molar-refractivity contribution in [2.75, 3.05) is 32.2 Å². The van der Waals surface area contributed by atoms with Gasteiger partial charge in [0.05, 0.1) is 31.2 Å². The Labute approximate surface area is 210 Å². The van der Waals surface area contributed by atoms with Crippen LogP contribution in [-0.4, -0.2) is 67.3 Å². The van der Waals surface area contributed by atoms with Crippen molar-refractivity contribution < 1.29 is 33.4 Å². The molecule has 0 N–H and O–H groups in total. The van der Waals surface area contributed by atoms with E-state index < -0.39 is 46.0 Å². The lowest BCUT2D eigenvalue weighted by Crippen LogP contribution is -2.76. The highest BCUT2D eigenvalue weighted by molar-refractivity contribution is 6.13. The second-order valence-corrected chi connectivity index (χ2v) is 11.0. The molecule has 0 radical (unpaired) electrons. The standard InChI is InChI=1S/C27H32N2O7/c1-7-16-15-28-13-12-25-17-10-8-9-11-18(17)29(23(33)36-24(2,3)4)26(25,28)14-19(30)20(16)27(25,21(31)34-5)22(32)35-6/h7-11,20H,12-15H2,1-6H3/b16-7-/t20-,25-,26-/m1/s1. The van der Waals surface area contributed by atoms with E-state index in [4.69, 9.17) is 14.2 Å². The highest BCUT2D eigenvalue weighted by Gasteiger charge is 2.87. The summed E-state index contributed by atoms with van der Waals surface area (Å²) in [5.74, 6) is -3.05. The molecule has 1 aromatic carbocycles. The first-order valence-corrected chi connectivity index (χ1v) is 12.2. The van der Waals surface area contributed by atoms with E-state index in [-0.39, 0.29) is 12.2 Å². The monoisotopic (exact) mass is 496 g/mol. The number of rotatable bonds is 2. The molecule has 4 bridgehead atoms. The number of hydrogen-bond donors (Lipinski definition) is 0. The van der Waals surface area contributed by atoms with Crippen molar-refractivity contribution in [1.82, 2.24) is 4.90 Å². The van der Waals surface area contributed by atoms with Crippen LogP contribution in [0, 0.1) is 11.3 Å². The molecule has 9 nitrogen and oxygen atoms in total. The van der Waals surface area contributed by atoms with Gasteiger partial charge in [-0.25, -0.2) is 4.79 Å². The van der Waals surface area contributed by atoms with Gasteiger partial charge in [0, 0.05) is 19.5 Å². The summed E-state index contributed by atoms with van der Waals surface area (Å²) in [6.07, 6.45) is 1.45. The average Bonchev–Trinajstić information content (AvgIpc) is 3.19. The van der Waals surface area contributed by atoms with Crippen LogP contribution in [0.5, 0.6) is 0 Å². The molecule has 1 amide bonds. The lowest BCUT2D eigenvalue weighted by Gasteiger charge is -2.57. The number of esters is 2. The molecule has 3 saturated heterocycles. The molecule has 1 aliphatic carbocycles. The summed E-state index contributed by atoms with van der Waals surface area (Å²) in [4.78, 5) is 59.7. The highest BCUT2D eigenvalue weighted by atomic mass is 16.6. The number of allylic oxidation sites excluding steroid dienone is 1. The maximum atomic E-state index is 14.1. The Balaban J connectivity index is 1.95. The van der Waals surface area contributed by atoms with Gasteiger partial charge in [-0.3, -0.25) is 24.2 Å². The maximum Gasteiger partial charge on any atom is 0.416 e. The molecular formula is C27H32N2O7. The van der Waals surface area contributed by atoms with Crippen LogP contribution >= 0.6 is 0 Å². The van der Waals surface area contributed by atoms with Gasteiger partial charge < -0.3 is 14.2 Å². The smallest absolute Gasteiger partial charge is 0.416 e. The van der Waals surface area contributed by atoms with Crippen molar-refractivity contribution in [2.45, 2.75) is 57.2 Å². The van der Waals surface area contributed by atoms with Gasteiger partial charge in [0.2, 0.25) is 0 Å². The third-order valence-corrected chi connectivity index (χ3v) is 8.49. The number of methoxy groups -OCH3 is 2. The van der Waals surface area contributed by atoms with E-state index in [9.17, 15) is 19.2 Å². The van der Waals surface area contributed by atoms with E-state index in [2.05, 4.69) is 4.90 Å². The Bertz CT molecular complexity index is 1200. The number of carbonyl (C=O) groups is 4. The summed E-state index contributed by atoms with van der Waals surface area (Å²) >= 11 is 0. The van der Waals surface area contributed by atoms with Crippen molar-refractivity contribution in [3.63, 3.8) is 0 Å². The second-order valence-electron chi connectivity index (χ2n) is 11.0. The van der Waals surface area contributed by atoms with Crippen LogP contribution in [0.4, 0.5) is 10.5 Å². The normalized spacial score (nSPS) is 32.6. The Hall–Kier alpha value is -3.20. The van der Waals surface area contributed by atoms with E-state index in [0.717, 1.165) is 0 Å². The van der Waals surface area contributed by atoms with Gasteiger partial charge in [0.15, 0.2) is 5.41 Å². The fourth-order valence-corrected chi connectivity index (χ4v) is 7.58. The minimum absolute atomic E-state index is 0.0569. The summed E-state index contributed by atoms with van der Waals surface area (Å²) in [5, 5.41) is 0. The summed E-state index contributed by atoms with van der Waals surface area (Å²) in [7, 11) is 2.43. The number of anilines is 1. The molecule has 1 spiro atoms. The van der Waals surface area contributed by atoms with Gasteiger partial charge in [-0.1, -0.05) is 24.3 Å². The molecule has 36 heavy (non-hydrogen) atoms. The van der Waals surface area contributed by atoms with Crippen LogP contribution < -0.4 is 4.90 Å². The minimum atomic E-state index is -2.02. The first-order valence-electron chi connectivity index (χ1n) is 12.2. The number of ketones is 1. The number of fused-ring (bicyclic) bond motifs is 3. The van der Waals surface area contributed by atoms with Crippen molar-refractivity contribution in [2.24, 2.45) is 11.3 Å². The van der Waals surface area contributed by atoms with Gasteiger partial charge in [-0.2, -0.15) is 0 Å². The summed E-state index contributed by atoms with van der Waals surface area (Å²) in [6.45, 7) is 7.89. The zero-order chi connectivity index (χ0) is 26.3. The van der Waals surface area contributed by atoms with E-state index in [1.54, 1.807) is 45.9 Å². The van der Waals surface area contributed by atoms with Gasteiger partial charge in [-0.15, -0.1) is 0 Å². The van der Waals surface area contributed by atoms with Crippen molar-refractivity contribution in [1.29, 1.82) is 0 Å². The molecule has 4 fully saturated rings. The molecule has 0 aromatic heterocycles. The number of para-hydroxylation sites is 1.